The molecule has 1 aromatic heterocycles. The summed E-state index contributed by atoms with van der Waals surface area (Å²) < 4.78 is 5.72. The van der Waals surface area contributed by atoms with Crippen molar-refractivity contribution < 1.29 is 9.53 Å². The van der Waals surface area contributed by atoms with Crippen molar-refractivity contribution in [3.05, 3.63) is 101 Å². The van der Waals surface area contributed by atoms with Gasteiger partial charge >= 0.3 is 5.97 Å². The zero-order chi connectivity index (χ0) is 17.9. The van der Waals surface area contributed by atoms with E-state index in [-0.39, 0.29) is 11.3 Å². The first-order chi connectivity index (χ1) is 12.7. The molecule has 0 aliphatic carbocycles. The van der Waals surface area contributed by atoms with Crippen LogP contribution in [0.2, 0.25) is 0 Å². The van der Waals surface area contributed by atoms with Crippen LogP contribution >= 0.6 is 0 Å². The number of esters is 1. The fraction of sp³-hybridized carbons (Fsp3) is 0. The molecule has 26 heavy (non-hydrogen) atoms. The molecule has 0 saturated heterocycles. The number of carbonyl (C=O) groups excluding carboxylic acids is 1. The zero-order valence-electron chi connectivity index (χ0n) is 13.8. The minimum Gasteiger partial charge on any atom is -0.421 e. The van der Waals surface area contributed by atoms with Crippen LogP contribution in [0.4, 0.5) is 0 Å². The van der Waals surface area contributed by atoms with Crippen LogP contribution in [0.1, 0.15) is 10.4 Å². The van der Waals surface area contributed by atoms with Gasteiger partial charge in [-0.2, -0.15) is 0 Å². The Hall–Kier alpha value is -3.66. The molecule has 0 radical (unpaired) electrons. The summed E-state index contributed by atoms with van der Waals surface area (Å²) >= 11 is 0. The van der Waals surface area contributed by atoms with Crippen molar-refractivity contribution in [2.45, 2.75) is 0 Å². The Labute approximate surface area is 149 Å². The van der Waals surface area contributed by atoms with Crippen molar-refractivity contribution in [1.29, 1.82) is 0 Å². The van der Waals surface area contributed by atoms with Crippen molar-refractivity contribution in [1.82, 2.24) is 4.98 Å². The molecule has 4 heteroatoms. The molecule has 3 aromatic carbocycles. The van der Waals surface area contributed by atoms with Crippen LogP contribution < -0.4 is 10.3 Å². The molecule has 0 atom stereocenters. The summed E-state index contributed by atoms with van der Waals surface area (Å²) in [5.41, 5.74) is 1.78. The summed E-state index contributed by atoms with van der Waals surface area (Å²) in [7, 11) is 0. The fourth-order valence-corrected chi connectivity index (χ4v) is 2.91. The lowest BCUT2D eigenvalue weighted by Crippen LogP contribution is -2.15. The number of ether oxygens (including phenoxy) is 1. The Morgan fingerprint density at radius 1 is 0.769 bits per heavy atom. The highest BCUT2D eigenvalue weighted by atomic mass is 16.5. The lowest BCUT2D eigenvalue weighted by atomic mass is 10.0. The van der Waals surface area contributed by atoms with Gasteiger partial charge < -0.3 is 9.72 Å². The first-order valence-corrected chi connectivity index (χ1v) is 8.22. The average Bonchev–Trinajstić information content (AvgIpc) is 2.69. The molecule has 0 spiro atoms. The predicted octanol–water partition coefficient (Wildman–Crippen LogP) is 4.41. The van der Waals surface area contributed by atoms with Crippen LogP contribution in [0.15, 0.2) is 89.7 Å². The largest absolute Gasteiger partial charge is 0.421 e. The molecular weight excluding hydrogens is 326 g/mol. The summed E-state index contributed by atoms with van der Waals surface area (Å²) in [6, 6.07) is 25.2. The Kier molecular flexibility index (Phi) is 4.07. The molecule has 0 amide bonds. The van der Waals surface area contributed by atoms with Crippen molar-refractivity contribution in [2.75, 3.05) is 0 Å². The maximum atomic E-state index is 12.7. The fourth-order valence-electron chi connectivity index (χ4n) is 2.91. The first-order valence-electron chi connectivity index (χ1n) is 8.22. The van der Waals surface area contributed by atoms with Crippen LogP contribution in [0.5, 0.6) is 5.75 Å². The van der Waals surface area contributed by atoms with Crippen molar-refractivity contribution in [3.63, 3.8) is 0 Å². The highest BCUT2D eigenvalue weighted by Crippen LogP contribution is 2.33. The van der Waals surface area contributed by atoms with Gasteiger partial charge in [-0.1, -0.05) is 60.7 Å². The Bertz CT molecular complexity index is 1130. The average molecular weight is 341 g/mol. The van der Waals surface area contributed by atoms with Crippen molar-refractivity contribution >= 4 is 16.9 Å². The second-order valence-corrected chi connectivity index (χ2v) is 5.83. The topological polar surface area (TPSA) is 59.2 Å². The molecule has 4 aromatic rings. The second-order valence-electron chi connectivity index (χ2n) is 5.83. The summed E-state index contributed by atoms with van der Waals surface area (Å²) in [5, 5.41) is 0.676. The number of hydrogen-bond donors (Lipinski definition) is 1. The van der Waals surface area contributed by atoms with Crippen LogP contribution in [-0.2, 0) is 0 Å². The van der Waals surface area contributed by atoms with Gasteiger partial charge in [-0.25, -0.2) is 4.79 Å². The first kappa shape index (κ1) is 15.8. The number of pyridine rings is 1. The van der Waals surface area contributed by atoms with E-state index in [1.165, 1.54) is 0 Å². The summed E-state index contributed by atoms with van der Waals surface area (Å²) in [4.78, 5) is 28.2. The SMILES string of the molecule is O=C(Oc1c(-c2ccccc2)c(=O)[nH]c2ccccc12)c1ccccc1. The van der Waals surface area contributed by atoms with Gasteiger partial charge in [0.2, 0.25) is 0 Å². The summed E-state index contributed by atoms with van der Waals surface area (Å²) in [6.07, 6.45) is 0. The van der Waals surface area contributed by atoms with E-state index in [4.69, 9.17) is 4.74 Å². The van der Waals surface area contributed by atoms with Crippen LogP contribution in [-0.4, -0.2) is 11.0 Å². The molecule has 0 unspecified atom stereocenters. The quantitative estimate of drug-likeness (QED) is 0.561. The van der Waals surface area contributed by atoms with Gasteiger partial charge in [-0.3, -0.25) is 4.79 Å². The third-order valence-corrected chi connectivity index (χ3v) is 4.14. The standard InChI is InChI=1S/C22H15NO3/c24-21-19(15-9-3-1-4-10-15)20(17-13-7-8-14-18(17)23-21)26-22(25)16-11-5-2-6-12-16/h1-14H,(H,23,24). The molecule has 4 nitrogen and oxygen atoms in total. The maximum Gasteiger partial charge on any atom is 0.343 e. The van der Waals surface area contributed by atoms with Gasteiger partial charge in [0.25, 0.3) is 5.56 Å². The number of nitrogens with one attached hydrogen (secondary N) is 1. The van der Waals surface area contributed by atoms with E-state index in [9.17, 15) is 9.59 Å². The second kappa shape index (κ2) is 6.69. The van der Waals surface area contributed by atoms with Crippen LogP contribution in [0.3, 0.4) is 0 Å². The smallest absolute Gasteiger partial charge is 0.343 e. The highest BCUT2D eigenvalue weighted by molar-refractivity contribution is 5.98. The van der Waals surface area contributed by atoms with Crippen LogP contribution in [0.25, 0.3) is 22.0 Å². The summed E-state index contributed by atoms with van der Waals surface area (Å²) in [5.74, 6) is -0.233. The molecule has 0 aliphatic rings. The van der Waals surface area contributed by atoms with Gasteiger partial charge in [0.05, 0.1) is 16.6 Å². The van der Waals surface area contributed by atoms with E-state index >= 15 is 0 Å². The number of H-pyrrole nitrogens is 1. The van der Waals surface area contributed by atoms with E-state index < -0.39 is 5.97 Å². The Morgan fingerprint density at radius 3 is 2.12 bits per heavy atom. The minimum absolute atomic E-state index is 0.268. The predicted molar refractivity (Wildman–Crippen MR) is 101 cm³/mol. The molecular formula is C22H15NO3. The molecule has 126 valence electrons. The number of aromatic amines is 1. The van der Waals surface area contributed by atoms with Crippen LogP contribution in [0, 0.1) is 0 Å². The Balaban J connectivity index is 1.94. The number of rotatable bonds is 3. The summed E-state index contributed by atoms with van der Waals surface area (Å²) in [6.45, 7) is 0. The molecule has 0 bridgehead atoms. The molecule has 4 rings (SSSR count). The maximum absolute atomic E-state index is 12.7. The lowest BCUT2D eigenvalue weighted by molar-refractivity contribution is 0.0738. The van der Waals surface area contributed by atoms with E-state index in [0.29, 0.717) is 27.6 Å². The highest BCUT2D eigenvalue weighted by Gasteiger charge is 2.19. The van der Waals surface area contributed by atoms with E-state index in [1.807, 2.05) is 54.6 Å². The van der Waals surface area contributed by atoms with Gasteiger partial charge in [0, 0.05) is 5.39 Å². The number of benzene rings is 3. The van der Waals surface area contributed by atoms with E-state index in [0.717, 1.165) is 0 Å². The van der Waals surface area contributed by atoms with Crippen molar-refractivity contribution in [3.8, 4) is 16.9 Å². The number of hydrogen-bond acceptors (Lipinski definition) is 3. The molecule has 0 aliphatic heterocycles. The molecule has 0 fully saturated rings. The van der Waals surface area contributed by atoms with Crippen molar-refractivity contribution in [2.24, 2.45) is 0 Å². The van der Waals surface area contributed by atoms with E-state index in [2.05, 4.69) is 4.98 Å². The molecule has 1 N–H and O–H groups in total. The number of para-hydroxylation sites is 1. The normalized spacial score (nSPS) is 10.6. The van der Waals surface area contributed by atoms with E-state index in [1.54, 1.807) is 30.3 Å². The third kappa shape index (κ3) is 2.89. The monoisotopic (exact) mass is 341 g/mol. The molecule has 0 saturated carbocycles. The zero-order valence-corrected chi connectivity index (χ0v) is 13.8. The molecule has 1 heterocycles. The number of aromatic nitrogens is 1. The van der Waals surface area contributed by atoms with Gasteiger partial charge in [0.15, 0.2) is 5.75 Å². The number of fused-ring (bicyclic) bond motifs is 1. The number of carbonyl (C=O) groups is 1. The van der Waals surface area contributed by atoms with Gasteiger partial charge in [-0.15, -0.1) is 0 Å². The lowest BCUT2D eigenvalue weighted by Gasteiger charge is -2.13. The van der Waals surface area contributed by atoms with Gasteiger partial charge in [-0.05, 0) is 29.8 Å². The van der Waals surface area contributed by atoms with Gasteiger partial charge in [0.1, 0.15) is 0 Å². The Morgan fingerprint density at radius 2 is 1.38 bits per heavy atom. The third-order valence-electron chi connectivity index (χ3n) is 4.14. The minimum atomic E-state index is -0.501.